The van der Waals surface area contributed by atoms with Gasteiger partial charge >= 0.3 is 12.1 Å². The van der Waals surface area contributed by atoms with Crippen LogP contribution < -0.4 is 5.32 Å². The van der Waals surface area contributed by atoms with Gasteiger partial charge < -0.3 is 48.3 Å². The van der Waals surface area contributed by atoms with E-state index in [0.717, 1.165) is 11.1 Å². The number of alkyl carbamates (subject to hydrolysis) is 1. The molecule has 2 fully saturated rings. The Kier molecular flexibility index (Phi) is 11.7. The Balaban J connectivity index is 1.48. The van der Waals surface area contributed by atoms with Crippen molar-refractivity contribution in [2.24, 2.45) is 5.11 Å². The zero-order valence-electron chi connectivity index (χ0n) is 25.4. The van der Waals surface area contributed by atoms with E-state index in [1.54, 1.807) is 62.4 Å². The maximum absolute atomic E-state index is 13.1. The predicted octanol–water partition coefficient (Wildman–Crippen LogP) is 2.95. The average molecular weight is 631 g/mol. The highest BCUT2D eigenvalue weighted by Crippen LogP contribution is 2.43. The molecule has 244 valence electrons. The summed E-state index contributed by atoms with van der Waals surface area (Å²) in [5.41, 5.74) is 10.4. The van der Waals surface area contributed by atoms with Gasteiger partial charge in [-0.3, -0.25) is 0 Å². The van der Waals surface area contributed by atoms with Crippen LogP contribution in [0, 0.1) is 0 Å². The third-order valence-electron chi connectivity index (χ3n) is 7.71. The van der Waals surface area contributed by atoms with Gasteiger partial charge in [0, 0.05) is 19.1 Å². The third kappa shape index (κ3) is 8.28. The number of aliphatic hydroxyl groups excluding tert-OH is 1. The van der Waals surface area contributed by atoms with Gasteiger partial charge in [-0.2, -0.15) is 0 Å². The van der Waals surface area contributed by atoms with Gasteiger partial charge in [-0.05, 0) is 30.5 Å². The Hall–Kier alpha value is -3.79. The molecule has 0 aliphatic carbocycles. The number of carbonyl (C=O) groups excluding carboxylic acids is 2. The number of nitrogens with one attached hydrogen (secondary N) is 1. The molecule has 2 aromatic rings. The normalized spacial score (nSPS) is 29.8. The molecule has 1 amide bonds. The van der Waals surface area contributed by atoms with Crippen molar-refractivity contribution < 1.29 is 52.6 Å². The molecule has 2 N–H and O–H groups in total. The maximum Gasteiger partial charge on any atom is 0.408 e. The van der Waals surface area contributed by atoms with Crippen molar-refractivity contribution in [3.63, 3.8) is 0 Å². The number of fused-ring (bicyclic) bond motifs is 1. The van der Waals surface area contributed by atoms with E-state index in [2.05, 4.69) is 15.3 Å². The topological polar surface area (TPSA) is 189 Å². The Bertz CT molecular complexity index is 1320. The summed E-state index contributed by atoms with van der Waals surface area (Å²) in [6.45, 7) is 2.39. The molecule has 0 unspecified atom stereocenters. The fourth-order valence-corrected chi connectivity index (χ4v) is 4.87. The summed E-state index contributed by atoms with van der Waals surface area (Å²) in [6, 6.07) is 16.6. The van der Waals surface area contributed by atoms with E-state index in [4.69, 9.17) is 43.4 Å². The highest BCUT2D eigenvalue weighted by Gasteiger charge is 2.62. The number of hydrogen-bond donors (Lipinski definition) is 2. The van der Waals surface area contributed by atoms with E-state index < -0.39 is 67.0 Å². The number of benzene rings is 2. The van der Waals surface area contributed by atoms with E-state index in [1.165, 1.54) is 14.2 Å². The Morgan fingerprint density at radius 2 is 1.51 bits per heavy atom. The van der Waals surface area contributed by atoms with Crippen LogP contribution in [0.3, 0.4) is 0 Å². The van der Waals surface area contributed by atoms with Crippen LogP contribution in [0.25, 0.3) is 10.4 Å². The molecule has 0 spiro atoms. The van der Waals surface area contributed by atoms with Crippen LogP contribution in [-0.4, -0.2) is 92.9 Å². The molecule has 2 aromatic carbocycles. The summed E-state index contributed by atoms with van der Waals surface area (Å²) < 4.78 is 46.0. The number of esters is 1. The monoisotopic (exact) mass is 630 g/mol. The fraction of sp³-hybridized carbons (Fsp3) is 0.533. The first kappa shape index (κ1) is 34.1. The van der Waals surface area contributed by atoms with E-state index >= 15 is 0 Å². The first-order chi connectivity index (χ1) is 21.6. The highest BCUT2D eigenvalue weighted by molar-refractivity contribution is 5.81. The van der Waals surface area contributed by atoms with Gasteiger partial charge in [0.15, 0.2) is 12.3 Å². The number of ether oxygens (including phenoxy) is 8. The number of azide groups is 1. The molecule has 15 nitrogen and oxygen atoms in total. The van der Waals surface area contributed by atoms with Gasteiger partial charge in [0.25, 0.3) is 0 Å². The smallest absolute Gasteiger partial charge is 0.408 e. The number of amides is 1. The maximum atomic E-state index is 13.1. The lowest BCUT2D eigenvalue weighted by Crippen LogP contribution is -2.73. The van der Waals surface area contributed by atoms with E-state index in [9.17, 15) is 14.7 Å². The van der Waals surface area contributed by atoms with E-state index in [1.807, 2.05) is 12.1 Å². The molecule has 15 heteroatoms. The van der Waals surface area contributed by atoms with Crippen LogP contribution in [0.2, 0.25) is 0 Å². The zero-order valence-corrected chi connectivity index (χ0v) is 25.4. The molecule has 0 aromatic heterocycles. The molecule has 45 heavy (non-hydrogen) atoms. The van der Waals surface area contributed by atoms with E-state index in [0.29, 0.717) is 0 Å². The van der Waals surface area contributed by atoms with Crippen molar-refractivity contribution in [3.8, 4) is 0 Å². The van der Waals surface area contributed by atoms with Crippen molar-refractivity contribution in [2.45, 2.75) is 75.4 Å². The minimum Gasteiger partial charge on any atom is -0.459 e. The summed E-state index contributed by atoms with van der Waals surface area (Å²) >= 11 is 0. The minimum atomic E-state index is -1.47. The van der Waals surface area contributed by atoms with Gasteiger partial charge in [-0.25, -0.2) is 9.59 Å². The van der Waals surface area contributed by atoms with Crippen LogP contribution in [0.5, 0.6) is 0 Å². The second-order valence-electron chi connectivity index (χ2n) is 10.6. The molecule has 0 bridgehead atoms. The Morgan fingerprint density at radius 3 is 2.07 bits per heavy atom. The average Bonchev–Trinajstić information content (AvgIpc) is 3.06. The van der Waals surface area contributed by atoms with Gasteiger partial charge in [0.1, 0.15) is 31.5 Å². The van der Waals surface area contributed by atoms with Gasteiger partial charge in [0.05, 0.1) is 19.3 Å². The lowest BCUT2D eigenvalue weighted by Gasteiger charge is -2.56. The summed E-state index contributed by atoms with van der Waals surface area (Å²) in [5.74, 6) is -3.71. The molecule has 0 radical (unpaired) electrons. The second-order valence-corrected chi connectivity index (χ2v) is 10.6. The molecule has 8 atom stereocenters. The Morgan fingerprint density at radius 1 is 0.956 bits per heavy atom. The molecule has 2 aliphatic heterocycles. The van der Waals surface area contributed by atoms with Crippen LogP contribution in [0.15, 0.2) is 65.8 Å². The van der Waals surface area contributed by atoms with Crippen molar-refractivity contribution in [1.29, 1.82) is 0 Å². The minimum absolute atomic E-state index is 0.0378. The third-order valence-corrected chi connectivity index (χ3v) is 7.71. The summed E-state index contributed by atoms with van der Waals surface area (Å²) in [5, 5.41) is 17.4. The van der Waals surface area contributed by atoms with Crippen molar-refractivity contribution in [1.82, 2.24) is 5.32 Å². The summed E-state index contributed by atoms with van der Waals surface area (Å²) in [7, 11) is 2.80. The predicted molar refractivity (Wildman–Crippen MR) is 155 cm³/mol. The van der Waals surface area contributed by atoms with E-state index in [-0.39, 0.29) is 19.8 Å². The van der Waals surface area contributed by atoms with Crippen molar-refractivity contribution in [2.75, 3.05) is 27.4 Å². The first-order valence-electron chi connectivity index (χ1n) is 14.2. The highest BCUT2D eigenvalue weighted by atomic mass is 16.8. The van der Waals surface area contributed by atoms with Crippen LogP contribution in [0.4, 0.5) is 4.79 Å². The molecular weight excluding hydrogens is 592 g/mol. The number of methoxy groups -OCH3 is 2. The van der Waals surface area contributed by atoms with Crippen molar-refractivity contribution in [3.05, 3.63) is 82.2 Å². The molecule has 0 saturated carbocycles. The largest absolute Gasteiger partial charge is 0.459 e. The van der Waals surface area contributed by atoms with Crippen LogP contribution in [0.1, 0.15) is 25.0 Å². The fourth-order valence-electron chi connectivity index (χ4n) is 4.87. The van der Waals surface area contributed by atoms with Gasteiger partial charge in [-0.1, -0.05) is 65.8 Å². The standard InChI is InChI=1S/C30H38N4O11/c1-29(38-3)30(2,39-4)45-25-23(35)27(43-22(15-32-34-31)24(25)44-29)41-18-21(26(36)40-16-19-11-7-5-8-12-19)33-28(37)42-17-20-13-9-6-10-14-20/h5-14,21-25,27,35H,15-18H2,1-4H3,(H,33,37)/t21-,22+,23-,24+,25+,27-,29-,30-/m0/s1. The molecule has 4 rings (SSSR count). The SMILES string of the molecule is CO[C@@]1(C)O[C@@H]2[C@H](O)[C@@H](OC[C@H](NC(=O)OCc3ccccc3)C(=O)OCc3ccccc3)O[C@H](CN=[N+]=[N-])[C@H]2O[C@]1(C)OC. The van der Waals surface area contributed by atoms with Crippen LogP contribution >= 0.6 is 0 Å². The number of rotatable bonds is 13. The lowest BCUT2D eigenvalue weighted by atomic mass is 9.94. The molecular formula is C30H38N4O11. The van der Waals surface area contributed by atoms with Gasteiger partial charge in [-0.15, -0.1) is 0 Å². The number of hydrogen-bond acceptors (Lipinski definition) is 12. The summed E-state index contributed by atoms with van der Waals surface area (Å²) in [6.07, 6.45) is -6.79. The van der Waals surface area contributed by atoms with Crippen molar-refractivity contribution >= 4 is 12.1 Å². The number of aliphatic hydroxyl groups is 1. The molecule has 2 aliphatic rings. The lowest BCUT2D eigenvalue weighted by molar-refractivity contribution is -0.478. The second kappa shape index (κ2) is 15.5. The Labute approximate surface area is 260 Å². The number of carbonyl (C=O) groups is 2. The number of nitrogens with zero attached hydrogens (tertiary/aromatic N) is 3. The first-order valence-corrected chi connectivity index (χ1v) is 14.2. The van der Waals surface area contributed by atoms with Gasteiger partial charge in [0.2, 0.25) is 11.6 Å². The molecule has 2 heterocycles. The quantitative estimate of drug-likeness (QED) is 0.143. The zero-order chi connectivity index (χ0) is 32.5. The van der Waals surface area contributed by atoms with Crippen LogP contribution in [-0.2, 0) is 55.9 Å². The molecule has 2 saturated heterocycles. The summed E-state index contributed by atoms with van der Waals surface area (Å²) in [4.78, 5) is 28.6.